The Morgan fingerprint density at radius 3 is 2.57 bits per heavy atom. The van der Waals surface area contributed by atoms with E-state index >= 15 is 0 Å². The van der Waals surface area contributed by atoms with Gasteiger partial charge in [0.2, 0.25) is 5.91 Å². The lowest BCUT2D eigenvalue weighted by Crippen LogP contribution is -2.35. The first kappa shape index (κ1) is 21.3. The Bertz CT molecular complexity index is 1060. The maximum atomic E-state index is 12.0. The molecule has 0 saturated carbocycles. The number of nitrogens with zero attached hydrogens (tertiary/aromatic N) is 1. The third-order valence-corrected chi connectivity index (χ3v) is 4.59. The van der Waals surface area contributed by atoms with E-state index in [0.717, 1.165) is 21.9 Å². The first-order valence-corrected chi connectivity index (χ1v) is 9.92. The molecule has 0 radical (unpaired) electrons. The summed E-state index contributed by atoms with van der Waals surface area (Å²) in [5, 5.41) is 9.23. The molecular weight excluding hydrogens is 402 g/mol. The number of carbonyl (C=O) groups is 2. The Kier molecular flexibility index (Phi) is 7.40. The van der Waals surface area contributed by atoms with Gasteiger partial charge in [0, 0.05) is 10.6 Å². The molecule has 3 aromatic rings. The molecule has 0 atom stereocenters. The van der Waals surface area contributed by atoms with Crippen LogP contribution in [0.25, 0.3) is 10.8 Å². The van der Waals surface area contributed by atoms with Crippen LogP contribution in [0.15, 0.2) is 65.8 Å². The molecule has 0 aliphatic carbocycles. The second kappa shape index (κ2) is 10.4. The quantitative estimate of drug-likeness (QED) is 0.428. The van der Waals surface area contributed by atoms with E-state index in [0.29, 0.717) is 17.4 Å². The summed E-state index contributed by atoms with van der Waals surface area (Å²) < 4.78 is 5.68. The molecule has 0 saturated heterocycles. The lowest BCUT2D eigenvalue weighted by molar-refractivity contribution is -0.125. The molecule has 7 heteroatoms. The van der Waals surface area contributed by atoms with Crippen molar-refractivity contribution in [3.8, 4) is 5.75 Å². The van der Waals surface area contributed by atoms with Crippen LogP contribution in [-0.4, -0.2) is 31.2 Å². The molecule has 3 aromatic carbocycles. The zero-order chi connectivity index (χ0) is 21.3. The number of rotatable bonds is 8. The van der Waals surface area contributed by atoms with E-state index in [-0.39, 0.29) is 18.9 Å². The van der Waals surface area contributed by atoms with E-state index in [1.807, 2.05) is 43.3 Å². The van der Waals surface area contributed by atoms with Crippen molar-refractivity contribution in [2.45, 2.75) is 13.3 Å². The van der Waals surface area contributed by atoms with E-state index < -0.39 is 5.91 Å². The zero-order valence-electron chi connectivity index (χ0n) is 16.5. The fourth-order valence-corrected chi connectivity index (χ4v) is 3.05. The summed E-state index contributed by atoms with van der Waals surface area (Å²) in [6.45, 7) is 2.26. The SMILES string of the molecule is CCOc1ccc2ccccc2c1/C=N\NC(=O)CNC(=O)Cc1ccc(Cl)cc1. The third-order valence-electron chi connectivity index (χ3n) is 4.34. The van der Waals surface area contributed by atoms with Crippen molar-refractivity contribution >= 4 is 40.4 Å². The summed E-state index contributed by atoms with van der Waals surface area (Å²) in [7, 11) is 0. The Labute approximate surface area is 179 Å². The van der Waals surface area contributed by atoms with Gasteiger partial charge in [-0.05, 0) is 41.5 Å². The van der Waals surface area contributed by atoms with Gasteiger partial charge in [0.1, 0.15) is 5.75 Å². The van der Waals surface area contributed by atoms with Crippen LogP contribution in [-0.2, 0) is 16.0 Å². The highest BCUT2D eigenvalue weighted by Crippen LogP contribution is 2.26. The Balaban J connectivity index is 1.57. The van der Waals surface area contributed by atoms with Gasteiger partial charge in [0.05, 0.1) is 25.8 Å². The molecule has 0 bridgehead atoms. The van der Waals surface area contributed by atoms with Crippen LogP contribution < -0.4 is 15.5 Å². The van der Waals surface area contributed by atoms with Gasteiger partial charge in [-0.3, -0.25) is 9.59 Å². The van der Waals surface area contributed by atoms with Crippen LogP contribution in [0, 0.1) is 0 Å². The van der Waals surface area contributed by atoms with Gasteiger partial charge in [0.25, 0.3) is 5.91 Å². The third kappa shape index (κ3) is 5.81. The van der Waals surface area contributed by atoms with Gasteiger partial charge in [-0.15, -0.1) is 0 Å². The number of nitrogens with one attached hydrogen (secondary N) is 2. The summed E-state index contributed by atoms with van der Waals surface area (Å²) in [6.07, 6.45) is 1.72. The summed E-state index contributed by atoms with van der Waals surface area (Å²) in [5.74, 6) is 0.00325. The molecule has 0 unspecified atom stereocenters. The maximum Gasteiger partial charge on any atom is 0.259 e. The molecule has 0 fully saturated rings. The lowest BCUT2D eigenvalue weighted by Gasteiger charge is -2.10. The van der Waals surface area contributed by atoms with E-state index in [9.17, 15) is 9.59 Å². The number of fused-ring (bicyclic) bond motifs is 1. The van der Waals surface area contributed by atoms with Crippen molar-refractivity contribution in [3.05, 3.63) is 76.8 Å². The monoisotopic (exact) mass is 423 g/mol. The smallest absolute Gasteiger partial charge is 0.259 e. The topological polar surface area (TPSA) is 79.8 Å². The highest BCUT2D eigenvalue weighted by molar-refractivity contribution is 6.30. The van der Waals surface area contributed by atoms with E-state index in [1.165, 1.54) is 0 Å². The van der Waals surface area contributed by atoms with Crippen molar-refractivity contribution in [1.82, 2.24) is 10.7 Å². The van der Waals surface area contributed by atoms with Gasteiger partial charge in [-0.1, -0.05) is 54.1 Å². The van der Waals surface area contributed by atoms with Gasteiger partial charge in [0.15, 0.2) is 0 Å². The first-order valence-electron chi connectivity index (χ1n) is 9.54. The van der Waals surface area contributed by atoms with Gasteiger partial charge >= 0.3 is 0 Å². The van der Waals surface area contributed by atoms with Crippen LogP contribution in [0.4, 0.5) is 0 Å². The minimum Gasteiger partial charge on any atom is -0.493 e. The molecular formula is C23H22ClN3O3. The Morgan fingerprint density at radius 2 is 1.80 bits per heavy atom. The van der Waals surface area contributed by atoms with Crippen molar-refractivity contribution < 1.29 is 14.3 Å². The lowest BCUT2D eigenvalue weighted by atomic mass is 10.0. The standard InChI is InChI=1S/C23H22ClN3O3/c1-2-30-21-12-9-17-5-3-4-6-19(17)20(21)14-26-27-23(29)15-25-22(28)13-16-7-10-18(24)11-8-16/h3-12,14H,2,13,15H2,1H3,(H,25,28)(H,27,29)/b26-14-. The highest BCUT2D eigenvalue weighted by atomic mass is 35.5. The number of hydrogen-bond acceptors (Lipinski definition) is 4. The molecule has 2 amide bonds. The second-order valence-electron chi connectivity index (χ2n) is 6.50. The van der Waals surface area contributed by atoms with Gasteiger partial charge < -0.3 is 10.1 Å². The minimum absolute atomic E-state index is 0.168. The van der Waals surface area contributed by atoms with Crippen LogP contribution in [0.1, 0.15) is 18.1 Å². The number of benzene rings is 3. The van der Waals surface area contributed by atoms with Crippen molar-refractivity contribution in [2.75, 3.05) is 13.2 Å². The fraction of sp³-hybridized carbons (Fsp3) is 0.174. The van der Waals surface area contributed by atoms with Crippen molar-refractivity contribution in [1.29, 1.82) is 0 Å². The van der Waals surface area contributed by atoms with Crippen LogP contribution in [0.3, 0.4) is 0 Å². The molecule has 3 rings (SSSR count). The van der Waals surface area contributed by atoms with E-state index in [1.54, 1.807) is 30.5 Å². The number of hydrazone groups is 1. The Hall–Kier alpha value is -3.38. The van der Waals surface area contributed by atoms with Crippen LogP contribution in [0.5, 0.6) is 5.75 Å². The molecule has 154 valence electrons. The number of amides is 2. The summed E-state index contributed by atoms with van der Waals surface area (Å²) >= 11 is 5.83. The summed E-state index contributed by atoms with van der Waals surface area (Å²) in [6, 6.07) is 18.7. The second-order valence-corrected chi connectivity index (χ2v) is 6.94. The molecule has 0 heterocycles. The summed E-state index contributed by atoms with van der Waals surface area (Å²) in [4.78, 5) is 24.0. The predicted molar refractivity (Wildman–Crippen MR) is 119 cm³/mol. The van der Waals surface area contributed by atoms with E-state index in [4.69, 9.17) is 16.3 Å². The number of halogens is 1. The number of ether oxygens (including phenoxy) is 1. The highest BCUT2D eigenvalue weighted by Gasteiger charge is 2.08. The molecule has 30 heavy (non-hydrogen) atoms. The first-order chi connectivity index (χ1) is 14.6. The normalized spacial score (nSPS) is 10.9. The van der Waals surface area contributed by atoms with Crippen molar-refractivity contribution in [3.63, 3.8) is 0 Å². The molecule has 0 spiro atoms. The molecule has 2 N–H and O–H groups in total. The average Bonchev–Trinajstić information content (AvgIpc) is 2.75. The predicted octanol–water partition coefficient (Wildman–Crippen LogP) is 3.70. The van der Waals surface area contributed by atoms with Gasteiger partial charge in [-0.25, -0.2) is 5.43 Å². The molecule has 0 aliphatic rings. The molecule has 6 nitrogen and oxygen atoms in total. The zero-order valence-corrected chi connectivity index (χ0v) is 17.3. The van der Waals surface area contributed by atoms with E-state index in [2.05, 4.69) is 15.8 Å². The molecule has 0 aromatic heterocycles. The molecule has 0 aliphatic heterocycles. The number of carbonyl (C=O) groups excluding carboxylic acids is 2. The maximum absolute atomic E-state index is 12.0. The largest absolute Gasteiger partial charge is 0.493 e. The number of hydrogen-bond donors (Lipinski definition) is 2. The Morgan fingerprint density at radius 1 is 1.03 bits per heavy atom. The fourth-order valence-electron chi connectivity index (χ4n) is 2.93. The van der Waals surface area contributed by atoms with Gasteiger partial charge in [-0.2, -0.15) is 5.10 Å². The van der Waals surface area contributed by atoms with Crippen LogP contribution >= 0.6 is 11.6 Å². The average molecular weight is 424 g/mol. The summed E-state index contributed by atoms with van der Waals surface area (Å²) in [5.41, 5.74) is 4.03. The minimum atomic E-state index is -0.422. The van der Waals surface area contributed by atoms with Crippen LogP contribution in [0.2, 0.25) is 5.02 Å². The van der Waals surface area contributed by atoms with Crippen molar-refractivity contribution in [2.24, 2.45) is 5.10 Å².